The van der Waals surface area contributed by atoms with Gasteiger partial charge in [-0.15, -0.1) is 0 Å². The molecular weight excluding hydrogens is 172 g/mol. The van der Waals surface area contributed by atoms with Gasteiger partial charge in [0.25, 0.3) is 0 Å². The molecule has 2 rings (SSSR count). The molecule has 1 aliphatic heterocycles. The number of rotatable bonds is 0. The van der Waals surface area contributed by atoms with Crippen molar-refractivity contribution in [1.29, 1.82) is 0 Å². The van der Waals surface area contributed by atoms with Crippen LogP contribution in [0.2, 0.25) is 0 Å². The van der Waals surface area contributed by atoms with Crippen molar-refractivity contribution < 1.29 is 0 Å². The highest BCUT2D eigenvalue weighted by Gasteiger charge is 2.31. The first kappa shape index (κ1) is 9.75. The molecular formula is C12H20N2. The van der Waals surface area contributed by atoms with Crippen LogP contribution in [0, 0.1) is 5.41 Å². The van der Waals surface area contributed by atoms with Crippen molar-refractivity contribution in [3.8, 4) is 0 Å². The summed E-state index contributed by atoms with van der Waals surface area (Å²) >= 11 is 0. The van der Waals surface area contributed by atoms with Gasteiger partial charge in [-0.3, -0.25) is 0 Å². The van der Waals surface area contributed by atoms with Gasteiger partial charge in [-0.05, 0) is 36.7 Å². The van der Waals surface area contributed by atoms with Crippen LogP contribution in [0.3, 0.4) is 0 Å². The van der Waals surface area contributed by atoms with Crippen LogP contribution in [0.4, 0.5) is 0 Å². The summed E-state index contributed by atoms with van der Waals surface area (Å²) in [6.45, 7) is 6.88. The summed E-state index contributed by atoms with van der Waals surface area (Å²) in [6.07, 6.45) is 6.96. The van der Waals surface area contributed by atoms with E-state index < -0.39 is 0 Å². The fourth-order valence-corrected chi connectivity index (χ4v) is 2.43. The van der Waals surface area contributed by atoms with E-state index in [9.17, 15) is 0 Å². The first-order valence-electron chi connectivity index (χ1n) is 5.59. The molecule has 0 aromatic heterocycles. The number of aliphatic imine (C=N–C) groups is 1. The molecule has 0 saturated carbocycles. The Labute approximate surface area is 86.5 Å². The number of hydrogen-bond donors (Lipinski definition) is 1. The second-order valence-corrected chi connectivity index (χ2v) is 5.40. The normalized spacial score (nSPS) is 27.2. The van der Waals surface area contributed by atoms with Gasteiger partial charge in [-0.2, -0.15) is 0 Å². The van der Waals surface area contributed by atoms with E-state index in [-0.39, 0.29) is 0 Å². The Hall–Kier alpha value is -0.790. The Bertz CT molecular complexity index is 281. The molecule has 0 saturated heterocycles. The molecule has 0 radical (unpaired) electrons. The smallest absolute Gasteiger partial charge is 0.0887 e. The number of allylic oxidation sites excluding steroid dienone is 1. The molecule has 0 amide bonds. The quantitative estimate of drug-likeness (QED) is 0.627. The zero-order chi connectivity index (χ0) is 10.2. The van der Waals surface area contributed by atoms with Crippen LogP contribution in [0.1, 0.15) is 46.5 Å². The molecule has 0 aromatic rings. The standard InChI is InChI=1S/C12H20N2/c1-12(2,3)11-9-6-4-5-7-10(9)13-8-14-11/h8,11H,4-7H2,1-3H3,(H,13,14). The highest BCUT2D eigenvalue weighted by molar-refractivity contribution is 5.61. The molecule has 78 valence electrons. The van der Waals surface area contributed by atoms with Crippen LogP contribution in [0.25, 0.3) is 0 Å². The lowest BCUT2D eigenvalue weighted by Gasteiger charge is -2.37. The number of hydrogen-bond acceptors (Lipinski definition) is 2. The molecule has 1 unspecified atom stereocenters. The Kier molecular flexibility index (Phi) is 2.38. The lowest BCUT2D eigenvalue weighted by molar-refractivity contribution is 0.317. The summed E-state index contributed by atoms with van der Waals surface area (Å²) in [6, 6.07) is 0.496. The van der Waals surface area contributed by atoms with Crippen molar-refractivity contribution in [1.82, 2.24) is 5.32 Å². The maximum Gasteiger partial charge on any atom is 0.0887 e. The van der Waals surface area contributed by atoms with Crippen molar-refractivity contribution in [3.05, 3.63) is 11.3 Å². The third kappa shape index (κ3) is 1.70. The van der Waals surface area contributed by atoms with Crippen LogP contribution in [-0.2, 0) is 0 Å². The summed E-state index contributed by atoms with van der Waals surface area (Å²) in [5.41, 5.74) is 3.21. The van der Waals surface area contributed by atoms with Gasteiger partial charge in [0, 0.05) is 5.70 Å². The van der Waals surface area contributed by atoms with E-state index in [4.69, 9.17) is 0 Å². The van der Waals surface area contributed by atoms with Crippen LogP contribution in [0.5, 0.6) is 0 Å². The molecule has 0 aromatic carbocycles. The lowest BCUT2D eigenvalue weighted by atomic mass is 9.77. The SMILES string of the molecule is CC(C)(C)C1NC=NC2=C1CCCC2. The minimum atomic E-state index is 0.296. The van der Waals surface area contributed by atoms with Gasteiger partial charge in [0.15, 0.2) is 0 Å². The van der Waals surface area contributed by atoms with E-state index in [2.05, 4.69) is 31.1 Å². The van der Waals surface area contributed by atoms with Gasteiger partial charge >= 0.3 is 0 Å². The van der Waals surface area contributed by atoms with E-state index in [1.165, 1.54) is 31.4 Å². The molecule has 2 nitrogen and oxygen atoms in total. The first-order chi connectivity index (χ1) is 6.59. The van der Waals surface area contributed by atoms with Crippen LogP contribution >= 0.6 is 0 Å². The second kappa shape index (κ2) is 3.41. The van der Waals surface area contributed by atoms with Crippen molar-refractivity contribution >= 4 is 6.34 Å². The molecule has 14 heavy (non-hydrogen) atoms. The van der Waals surface area contributed by atoms with Gasteiger partial charge in [-0.1, -0.05) is 20.8 Å². The molecule has 0 bridgehead atoms. The molecule has 2 heteroatoms. The predicted octanol–water partition coefficient (Wildman–Crippen LogP) is 2.86. The number of nitrogens with one attached hydrogen (secondary N) is 1. The summed E-state index contributed by atoms with van der Waals surface area (Å²) in [5.74, 6) is 0. The fourth-order valence-electron chi connectivity index (χ4n) is 2.43. The predicted molar refractivity (Wildman–Crippen MR) is 60.4 cm³/mol. The molecule has 0 spiro atoms. The Balaban J connectivity index is 2.29. The summed E-state index contributed by atoms with van der Waals surface area (Å²) in [5, 5.41) is 3.41. The zero-order valence-corrected chi connectivity index (χ0v) is 9.43. The third-order valence-corrected chi connectivity index (χ3v) is 3.16. The summed E-state index contributed by atoms with van der Waals surface area (Å²) in [7, 11) is 0. The van der Waals surface area contributed by atoms with E-state index in [1.807, 2.05) is 6.34 Å². The topological polar surface area (TPSA) is 24.4 Å². The highest BCUT2D eigenvalue weighted by atomic mass is 15.0. The van der Waals surface area contributed by atoms with E-state index in [0.29, 0.717) is 11.5 Å². The largest absolute Gasteiger partial charge is 0.369 e. The Morgan fingerprint density at radius 1 is 1.29 bits per heavy atom. The average molecular weight is 192 g/mol. The highest BCUT2D eigenvalue weighted by Crippen LogP contribution is 2.35. The summed E-state index contributed by atoms with van der Waals surface area (Å²) < 4.78 is 0. The Morgan fingerprint density at radius 2 is 2.00 bits per heavy atom. The minimum Gasteiger partial charge on any atom is -0.369 e. The van der Waals surface area contributed by atoms with E-state index in [1.54, 1.807) is 5.57 Å². The molecule has 1 atom stereocenters. The van der Waals surface area contributed by atoms with Crippen LogP contribution in [0.15, 0.2) is 16.3 Å². The zero-order valence-electron chi connectivity index (χ0n) is 9.43. The molecule has 1 heterocycles. The third-order valence-electron chi connectivity index (χ3n) is 3.16. The van der Waals surface area contributed by atoms with Gasteiger partial charge in [0.1, 0.15) is 0 Å². The maximum atomic E-state index is 4.46. The van der Waals surface area contributed by atoms with Gasteiger partial charge in [0.2, 0.25) is 0 Å². The maximum absolute atomic E-state index is 4.46. The van der Waals surface area contributed by atoms with Gasteiger partial charge in [0.05, 0.1) is 12.4 Å². The number of nitrogens with zero attached hydrogens (tertiary/aromatic N) is 1. The molecule has 0 fully saturated rings. The molecule has 1 aliphatic carbocycles. The lowest BCUT2D eigenvalue weighted by Crippen LogP contribution is -2.43. The molecule has 1 N–H and O–H groups in total. The minimum absolute atomic E-state index is 0.296. The monoisotopic (exact) mass is 192 g/mol. The second-order valence-electron chi connectivity index (χ2n) is 5.40. The van der Waals surface area contributed by atoms with Crippen molar-refractivity contribution in [2.45, 2.75) is 52.5 Å². The van der Waals surface area contributed by atoms with Gasteiger partial charge < -0.3 is 5.32 Å². The van der Waals surface area contributed by atoms with E-state index in [0.717, 1.165) is 0 Å². The van der Waals surface area contributed by atoms with Crippen LogP contribution < -0.4 is 5.32 Å². The average Bonchev–Trinajstić information content (AvgIpc) is 2.15. The fraction of sp³-hybridized carbons (Fsp3) is 0.750. The van der Waals surface area contributed by atoms with Crippen molar-refractivity contribution in [2.24, 2.45) is 10.4 Å². The van der Waals surface area contributed by atoms with Crippen molar-refractivity contribution in [2.75, 3.05) is 0 Å². The van der Waals surface area contributed by atoms with Crippen LogP contribution in [-0.4, -0.2) is 12.4 Å². The Morgan fingerprint density at radius 3 is 2.71 bits per heavy atom. The van der Waals surface area contributed by atoms with E-state index >= 15 is 0 Å². The van der Waals surface area contributed by atoms with Crippen molar-refractivity contribution in [3.63, 3.8) is 0 Å². The van der Waals surface area contributed by atoms with Gasteiger partial charge in [-0.25, -0.2) is 4.99 Å². The first-order valence-corrected chi connectivity index (χ1v) is 5.59. The summed E-state index contributed by atoms with van der Waals surface area (Å²) in [4.78, 5) is 4.46. The molecule has 2 aliphatic rings.